The van der Waals surface area contributed by atoms with Crippen LogP contribution in [0.2, 0.25) is 0 Å². The molecule has 2 heterocycles. The van der Waals surface area contributed by atoms with Crippen molar-refractivity contribution in [2.75, 3.05) is 38.7 Å². The lowest BCUT2D eigenvalue weighted by Gasteiger charge is -2.22. The number of ether oxygens (including phenoxy) is 1. The van der Waals surface area contributed by atoms with Crippen LogP contribution in [0.4, 0.5) is 5.69 Å². The van der Waals surface area contributed by atoms with Crippen molar-refractivity contribution in [1.29, 1.82) is 0 Å². The van der Waals surface area contributed by atoms with Crippen molar-refractivity contribution in [2.24, 2.45) is 4.99 Å². The van der Waals surface area contributed by atoms with Gasteiger partial charge >= 0.3 is 0 Å². The van der Waals surface area contributed by atoms with E-state index in [-0.39, 0.29) is 24.0 Å². The average Bonchev–Trinajstić information content (AvgIpc) is 3.36. The van der Waals surface area contributed by atoms with Gasteiger partial charge in [-0.2, -0.15) is 5.10 Å². The predicted octanol–water partition coefficient (Wildman–Crippen LogP) is 2.34. The van der Waals surface area contributed by atoms with Crippen LogP contribution in [0.1, 0.15) is 12.8 Å². The van der Waals surface area contributed by atoms with Gasteiger partial charge in [0, 0.05) is 51.7 Å². The Morgan fingerprint density at radius 1 is 1.33 bits per heavy atom. The van der Waals surface area contributed by atoms with E-state index in [9.17, 15) is 0 Å². The normalized spacial score (nSPS) is 16.7. The topological polar surface area (TPSA) is 66.7 Å². The molecule has 1 aliphatic rings. The number of guanidine groups is 1. The Balaban J connectivity index is 0.00000261. The zero-order valence-electron chi connectivity index (χ0n) is 16.0. The molecule has 2 aromatic rings. The quantitative estimate of drug-likeness (QED) is 0.274. The van der Waals surface area contributed by atoms with E-state index in [1.807, 2.05) is 42.3 Å². The molecule has 0 aliphatic carbocycles. The third kappa shape index (κ3) is 6.02. The molecule has 0 saturated carbocycles. The molecule has 1 saturated heterocycles. The number of rotatable bonds is 7. The minimum absolute atomic E-state index is 0. The van der Waals surface area contributed by atoms with Crippen molar-refractivity contribution >= 4 is 35.6 Å². The van der Waals surface area contributed by atoms with Crippen LogP contribution in [0.25, 0.3) is 0 Å². The second-order valence-electron chi connectivity index (χ2n) is 6.37. The summed E-state index contributed by atoms with van der Waals surface area (Å²) < 4.78 is 7.43. The standard InChI is InChI=1S/C19H28N6O.HI/c1-20-19(21-10-5-12-25-13-6-11-22-25)23-16-9-14-24(15-16)17-7-3-4-8-18(17)26-2;/h3-4,6-8,11,13,16H,5,9-10,12,14-15H2,1-2H3,(H2,20,21,23);1H. The van der Waals surface area contributed by atoms with E-state index in [1.165, 1.54) is 0 Å². The SMILES string of the molecule is CN=C(NCCCn1cccn1)NC1CCN(c2ccccc2OC)C1.I. The minimum atomic E-state index is 0. The maximum absolute atomic E-state index is 5.49. The Morgan fingerprint density at radius 3 is 2.93 bits per heavy atom. The van der Waals surface area contributed by atoms with Crippen LogP contribution in [0.3, 0.4) is 0 Å². The van der Waals surface area contributed by atoms with Crippen LogP contribution in [-0.2, 0) is 6.54 Å². The number of nitrogens with one attached hydrogen (secondary N) is 2. The molecule has 1 fully saturated rings. The molecule has 1 aromatic heterocycles. The van der Waals surface area contributed by atoms with E-state index < -0.39 is 0 Å². The van der Waals surface area contributed by atoms with Gasteiger partial charge < -0.3 is 20.3 Å². The first-order chi connectivity index (χ1) is 12.8. The highest BCUT2D eigenvalue weighted by Crippen LogP contribution is 2.30. The lowest BCUT2D eigenvalue weighted by Crippen LogP contribution is -2.45. The molecule has 148 valence electrons. The highest BCUT2D eigenvalue weighted by molar-refractivity contribution is 14.0. The molecular formula is C19H29IN6O. The van der Waals surface area contributed by atoms with E-state index >= 15 is 0 Å². The van der Waals surface area contributed by atoms with Gasteiger partial charge in [-0.3, -0.25) is 9.67 Å². The van der Waals surface area contributed by atoms with Gasteiger partial charge in [0.2, 0.25) is 0 Å². The first kappa shape index (κ1) is 21.3. The van der Waals surface area contributed by atoms with Crippen LogP contribution in [0.15, 0.2) is 47.7 Å². The van der Waals surface area contributed by atoms with Gasteiger partial charge in [-0.1, -0.05) is 12.1 Å². The third-order valence-corrected chi connectivity index (χ3v) is 4.59. The summed E-state index contributed by atoms with van der Waals surface area (Å²) >= 11 is 0. The maximum Gasteiger partial charge on any atom is 0.191 e. The number of para-hydroxylation sites is 2. The van der Waals surface area contributed by atoms with Gasteiger partial charge in [0.05, 0.1) is 12.8 Å². The molecule has 0 spiro atoms. The summed E-state index contributed by atoms with van der Waals surface area (Å²) in [7, 11) is 3.54. The van der Waals surface area contributed by atoms with Crippen molar-refractivity contribution in [1.82, 2.24) is 20.4 Å². The number of aromatic nitrogens is 2. The highest BCUT2D eigenvalue weighted by Gasteiger charge is 2.25. The number of benzene rings is 1. The van der Waals surface area contributed by atoms with Crippen molar-refractivity contribution in [3.8, 4) is 5.75 Å². The van der Waals surface area contributed by atoms with Gasteiger partial charge in [-0.15, -0.1) is 24.0 Å². The van der Waals surface area contributed by atoms with Crippen LogP contribution in [0.5, 0.6) is 5.75 Å². The Bertz CT molecular complexity index is 706. The summed E-state index contributed by atoms with van der Waals surface area (Å²) in [6, 6.07) is 10.5. The minimum Gasteiger partial charge on any atom is -0.495 e. The lowest BCUT2D eigenvalue weighted by molar-refractivity contribution is 0.415. The monoisotopic (exact) mass is 484 g/mol. The van der Waals surface area contributed by atoms with Gasteiger partial charge in [0.1, 0.15) is 5.75 Å². The van der Waals surface area contributed by atoms with E-state index in [2.05, 4.69) is 37.8 Å². The van der Waals surface area contributed by atoms with Crippen molar-refractivity contribution < 1.29 is 4.74 Å². The summed E-state index contributed by atoms with van der Waals surface area (Å²) in [5.41, 5.74) is 1.15. The molecule has 0 amide bonds. The van der Waals surface area contributed by atoms with Crippen molar-refractivity contribution in [2.45, 2.75) is 25.4 Å². The molecule has 1 aliphatic heterocycles. The van der Waals surface area contributed by atoms with Crippen LogP contribution in [0, 0.1) is 0 Å². The second-order valence-corrected chi connectivity index (χ2v) is 6.37. The first-order valence-corrected chi connectivity index (χ1v) is 9.12. The van der Waals surface area contributed by atoms with Crippen LogP contribution in [-0.4, -0.2) is 55.6 Å². The van der Waals surface area contributed by atoms with E-state index in [0.29, 0.717) is 6.04 Å². The van der Waals surface area contributed by atoms with E-state index in [4.69, 9.17) is 4.74 Å². The lowest BCUT2D eigenvalue weighted by atomic mass is 10.2. The largest absolute Gasteiger partial charge is 0.495 e. The molecule has 0 bridgehead atoms. The second kappa shape index (κ2) is 11.0. The fourth-order valence-corrected chi connectivity index (χ4v) is 3.26. The van der Waals surface area contributed by atoms with Crippen molar-refractivity contribution in [3.63, 3.8) is 0 Å². The molecular weight excluding hydrogens is 455 g/mol. The Hall–Kier alpha value is -1.97. The number of halogens is 1. The molecule has 2 N–H and O–H groups in total. The third-order valence-electron chi connectivity index (χ3n) is 4.59. The summed E-state index contributed by atoms with van der Waals surface area (Å²) in [5.74, 6) is 1.78. The van der Waals surface area contributed by atoms with E-state index in [1.54, 1.807) is 7.11 Å². The number of hydrogen-bond donors (Lipinski definition) is 2. The molecule has 3 rings (SSSR count). The fraction of sp³-hybridized carbons (Fsp3) is 0.474. The Morgan fingerprint density at radius 2 is 2.19 bits per heavy atom. The number of aliphatic imine (C=N–C) groups is 1. The average molecular weight is 484 g/mol. The highest BCUT2D eigenvalue weighted by atomic mass is 127. The maximum atomic E-state index is 5.49. The van der Waals surface area contributed by atoms with Crippen molar-refractivity contribution in [3.05, 3.63) is 42.7 Å². The summed E-state index contributed by atoms with van der Waals surface area (Å²) in [6.45, 7) is 3.72. The summed E-state index contributed by atoms with van der Waals surface area (Å²) in [5, 5.41) is 11.1. The Kier molecular flexibility index (Phi) is 8.70. The van der Waals surface area contributed by atoms with E-state index in [0.717, 1.165) is 56.4 Å². The van der Waals surface area contributed by atoms with Gasteiger partial charge in [-0.25, -0.2) is 0 Å². The van der Waals surface area contributed by atoms with Gasteiger partial charge in [0.25, 0.3) is 0 Å². The molecule has 27 heavy (non-hydrogen) atoms. The van der Waals surface area contributed by atoms with Crippen LogP contribution >= 0.6 is 24.0 Å². The molecule has 8 heteroatoms. The molecule has 1 unspecified atom stereocenters. The molecule has 1 atom stereocenters. The van der Waals surface area contributed by atoms with Gasteiger partial charge in [-0.05, 0) is 31.0 Å². The number of methoxy groups -OCH3 is 1. The zero-order chi connectivity index (χ0) is 18.2. The first-order valence-electron chi connectivity index (χ1n) is 9.12. The predicted molar refractivity (Wildman–Crippen MR) is 120 cm³/mol. The number of nitrogens with zero attached hydrogens (tertiary/aromatic N) is 4. The molecule has 1 aromatic carbocycles. The number of aryl methyl sites for hydroxylation is 1. The Labute approximate surface area is 178 Å². The molecule has 0 radical (unpaired) electrons. The summed E-state index contributed by atoms with van der Waals surface area (Å²) in [6.07, 6.45) is 5.87. The van der Waals surface area contributed by atoms with Gasteiger partial charge in [0.15, 0.2) is 5.96 Å². The fourth-order valence-electron chi connectivity index (χ4n) is 3.26. The number of hydrogen-bond acceptors (Lipinski definition) is 4. The zero-order valence-corrected chi connectivity index (χ0v) is 18.3. The van der Waals surface area contributed by atoms with Crippen LogP contribution < -0.4 is 20.3 Å². The number of anilines is 1. The smallest absolute Gasteiger partial charge is 0.191 e. The molecule has 7 nitrogen and oxygen atoms in total. The summed E-state index contributed by atoms with van der Waals surface area (Å²) in [4.78, 5) is 6.71.